The zero-order valence-electron chi connectivity index (χ0n) is 11.8. The van der Waals surface area contributed by atoms with Crippen molar-refractivity contribution in [2.75, 3.05) is 7.05 Å². The average Bonchev–Trinajstić information content (AvgIpc) is 2.38. The molecule has 1 aromatic rings. The number of para-hydroxylation sites is 1. The Morgan fingerprint density at radius 1 is 1.37 bits per heavy atom. The molecule has 4 heteroatoms. The summed E-state index contributed by atoms with van der Waals surface area (Å²) >= 11 is 0. The summed E-state index contributed by atoms with van der Waals surface area (Å²) in [4.78, 5) is 8.39. The predicted octanol–water partition coefficient (Wildman–Crippen LogP) is 3.09. The minimum Gasteiger partial charge on any atom is -0.445 e. The maximum atomic E-state index is 9.50. The molecule has 1 rings (SSSR count). The summed E-state index contributed by atoms with van der Waals surface area (Å²) in [7, 11) is 1.72. The predicted molar refractivity (Wildman–Crippen MR) is 79.3 cm³/mol. The number of rotatable bonds is 4. The molecule has 0 aliphatic heterocycles. The van der Waals surface area contributed by atoms with Crippen molar-refractivity contribution in [3.8, 4) is 0 Å². The van der Waals surface area contributed by atoms with Gasteiger partial charge in [0.05, 0.1) is 5.69 Å². The fraction of sp³-hybridized carbons (Fsp3) is 0.333. The minimum absolute atomic E-state index is 0.478. The summed E-state index contributed by atoms with van der Waals surface area (Å²) in [6.07, 6.45) is 2.82. The van der Waals surface area contributed by atoms with E-state index in [1.165, 1.54) is 0 Å². The van der Waals surface area contributed by atoms with Gasteiger partial charge in [-0.05, 0) is 26.0 Å². The molecule has 0 saturated carbocycles. The Bertz CT molecular complexity index is 503. The third kappa shape index (κ3) is 4.67. The van der Waals surface area contributed by atoms with E-state index in [4.69, 9.17) is 4.74 Å². The van der Waals surface area contributed by atoms with E-state index in [1.54, 1.807) is 33.2 Å². The van der Waals surface area contributed by atoms with Crippen LogP contribution >= 0.6 is 0 Å². The molecule has 1 atom stereocenters. The van der Waals surface area contributed by atoms with Crippen LogP contribution in [0.4, 0.5) is 5.69 Å². The van der Waals surface area contributed by atoms with Crippen molar-refractivity contribution in [3.05, 3.63) is 41.7 Å². The van der Waals surface area contributed by atoms with Gasteiger partial charge in [-0.3, -0.25) is 4.99 Å². The van der Waals surface area contributed by atoms with E-state index in [-0.39, 0.29) is 0 Å². The summed E-state index contributed by atoms with van der Waals surface area (Å²) in [6.45, 7) is 5.22. The van der Waals surface area contributed by atoms with Gasteiger partial charge in [0.1, 0.15) is 11.9 Å². The highest BCUT2D eigenvalue weighted by molar-refractivity contribution is 5.89. The van der Waals surface area contributed by atoms with Crippen molar-refractivity contribution >= 4 is 17.8 Å². The number of aliphatic imine (C=N–C) groups is 2. The molecule has 1 N–H and O–H groups in total. The van der Waals surface area contributed by atoms with Crippen molar-refractivity contribution in [3.63, 3.8) is 0 Å². The van der Waals surface area contributed by atoms with Gasteiger partial charge in [0.2, 0.25) is 0 Å². The zero-order chi connectivity index (χ0) is 14.3. The molecule has 0 fully saturated rings. The first-order valence-corrected chi connectivity index (χ1v) is 6.17. The van der Waals surface area contributed by atoms with E-state index in [0.717, 1.165) is 11.3 Å². The standard InChI is InChI=1S/C15H20N2O2/c1-5-15(11(2)18)19-12(3)17-14-9-7-6-8-13(14)10-16-4/h5-11,18H,1-4H3. The van der Waals surface area contributed by atoms with Gasteiger partial charge in [-0.2, -0.15) is 0 Å². The van der Waals surface area contributed by atoms with Crippen LogP contribution < -0.4 is 0 Å². The van der Waals surface area contributed by atoms with Crippen LogP contribution in [0.2, 0.25) is 0 Å². The lowest BCUT2D eigenvalue weighted by molar-refractivity contribution is 0.173. The number of allylic oxidation sites excluding steroid dienone is 1. The monoisotopic (exact) mass is 260 g/mol. The molecular formula is C15H20N2O2. The maximum absolute atomic E-state index is 9.50. The first-order valence-electron chi connectivity index (χ1n) is 6.17. The average molecular weight is 260 g/mol. The van der Waals surface area contributed by atoms with Crippen LogP contribution in [0.3, 0.4) is 0 Å². The number of benzene rings is 1. The first kappa shape index (κ1) is 15.1. The molecule has 0 aromatic heterocycles. The Hall–Kier alpha value is -1.94. The smallest absolute Gasteiger partial charge is 0.191 e. The summed E-state index contributed by atoms with van der Waals surface area (Å²) in [5.41, 5.74) is 1.71. The van der Waals surface area contributed by atoms with Gasteiger partial charge in [-0.15, -0.1) is 0 Å². The lowest BCUT2D eigenvalue weighted by atomic mass is 10.2. The molecule has 1 unspecified atom stereocenters. The van der Waals surface area contributed by atoms with Crippen molar-refractivity contribution in [2.45, 2.75) is 26.9 Å². The number of hydrogen-bond acceptors (Lipinski definition) is 4. The fourth-order valence-corrected chi connectivity index (χ4v) is 1.59. The van der Waals surface area contributed by atoms with Crippen LogP contribution in [0.5, 0.6) is 0 Å². The van der Waals surface area contributed by atoms with Crippen molar-refractivity contribution < 1.29 is 9.84 Å². The summed E-state index contributed by atoms with van der Waals surface area (Å²) in [6, 6.07) is 7.66. The normalized spacial score (nSPS) is 14.8. The molecule has 1 aromatic carbocycles. The maximum Gasteiger partial charge on any atom is 0.191 e. The minimum atomic E-state index is -0.650. The summed E-state index contributed by atoms with van der Waals surface area (Å²) in [5.74, 6) is 0.967. The second kappa shape index (κ2) is 7.48. The van der Waals surface area contributed by atoms with E-state index in [1.807, 2.05) is 31.2 Å². The molecule has 0 aliphatic rings. The van der Waals surface area contributed by atoms with E-state index in [9.17, 15) is 5.11 Å². The zero-order valence-corrected chi connectivity index (χ0v) is 11.8. The van der Waals surface area contributed by atoms with Crippen LogP contribution in [0.25, 0.3) is 0 Å². The van der Waals surface area contributed by atoms with Crippen LogP contribution in [0, 0.1) is 0 Å². The number of aliphatic hydroxyl groups is 1. The van der Waals surface area contributed by atoms with Gasteiger partial charge in [0.15, 0.2) is 5.90 Å². The number of nitrogens with zero attached hydrogens (tertiary/aromatic N) is 2. The van der Waals surface area contributed by atoms with Gasteiger partial charge < -0.3 is 9.84 Å². The molecular weight excluding hydrogens is 240 g/mol. The largest absolute Gasteiger partial charge is 0.445 e. The lowest BCUT2D eigenvalue weighted by Crippen LogP contribution is -2.11. The second-order valence-electron chi connectivity index (χ2n) is 4.05. The van der Waals surface area contributed by atoms with Crippen LogP contribution in [0.15, 0.2) is 46.1 Å². The van der Waals surface area contributed by atoms with E-state index < -0.39 is 6.10 Å². The molecule has 4 nitrogen and oxygen atoms in total. The summed E-state index contributed by atoms with van der Waals surface area (Å²) in [5, 5.41) is 9.50. The van der Waals surface area contributed by atoms with Gasteiger partial charge in [0, 0.05) is 25.7 Å². The third-order valence-corrected chi connectivity index (χ3v) is 2.44. The quantitative estimate of drug-likeness (QED) is 0.514. The topological polar surface area (TPSA) is 54.2 Å². The molecule has 0 bridgehead atoms. The highest BCUT2D eigenvalue weighted by atomic mass is 16.5. The van der Waals surface area contributed by atoms with Gasteiger partial charge in [-0.1, -0.05) is 18.2 Å². The van der Waals surface area contributed by atoms with Crippen LogP contribution in [-0.4, -0.2) is 30.4 Å². The Morgan fingerprint density at radius 2 is 2.05 bits per heavy atom. The number of aliphatic hydroxyl groups excluding tert-OH is 1. The molecule has 0 spiro atoms. The molecule has 0 heterocycles. The Balaban J connectivity index is 2.96. The Labute approximate surface area is 114 Å². The number of hydrogen-bond donors (Lipinski definition) is 1. The van der Waals surface area contributed by atoms with Crippen LogP contribution in [-0.2, 0) is 4.74 Å². The Kier molecular flexibility index (Phi) is 5.96. The molecule has 0 saturated heterocycles. The van der Waals surface area contributed by atoms with E-state index in [0.29, 0.717) is 11.7 Å². The van der Waals surface area contributed by atoms with Crippen LogP contribution in [0.1, 0.15) is 26.3 Å². The second-order valence-corrected chi connectivity index (χ2v) is 4.05. The Morgan fingerprint density at radius 3 is 2.63 bits per heavy atom. The molecule has 0 aliphatic carbocycles. The molecule has 0 radical (unpaired) electrons. The van der Waals surface area contributed by atoms with Crippen molar-refractivity contribution in [1.29, 1.82) is 0 Å². The lowest BCUT2D eigenvalue weighted by Gasteiger charge is -2.11. The molecule has 19 heavy (non-hydrogen) atoms. The SMILES string of the molecule is CC=C(OC(C)=Nc1ccccc1C=NC)C(C)O. The highest BCUT2D eigenvalue weighted by Crippen LogP contribution is 2.18. The van der Waals surface area contributed by atoms with Crippen molar-refractivity contribution in [1.82, 2.24) is 0 Å². The fourth-order valence-electron chi connectivity index (χ4n) is 1.59. The third-order valence-electron chi connectivity index (χ3n) is 2.44. The van der Waals surface area contributed by atoms with Gasteiger partial charge in [-0.25, -0.2) is 4.99 Å². The molecule has 0 amide bonds. The molecule has 102 valence electrons. The van der Waals surface area contributed by atoms with Gasteiger partial charge in [0.25, 0.3) is 0 Å². The first-order chi connectivity index (χ1) is 9.08. The highest BCUT2D eigenvalue weighted by Gasteiger charge is 2.07. The van der Waals surface area contributed by atoms with Gasteiger partial charge >= 0.3 is 0 Å². The number of ether oxygens (including phenoxy) is 1. The summed E-state index contributed by atoms with van der Waals surface area (Å²) < 4.78 is 5.51. The van der Waals surface area contributed by atoms with E-state index >= 15 is 0 Å². The van der Waals surface area contributed by atoms with Crippen molar-refractivity contribution in [2.24, 2.45) is 9.98 Å². The van der Waals surface area contributed by atoms with E-state index in [2.05, 4.69) is 9.98 Å².